The molecule has 1 heterocycles. The fourth-order valence-electron chi connectivity index (χ4n) is 1.71. The maximum Gasteiger partial charge on any atom is 0.278 e. The van der Waals surface area contributed by atoms with Crippen LogP contribution < -0.4 is 4.57 Å². The van der Waals surface area contributed by atoms with Crippen molar-refractivity contribution in [1.29, 1.82) is 0 Å². The minimum atomic E-state index is 0.136. The average Bonchev–Trinajstić information content (AvgIpc) is 2.49. The zero-order valence-electron chi connectivity index (χ0n) is 10.8. The standard InChI is InChI=1S/C15H12ClNOS2/c1-20-15(19)13(17-9-3-2-4-10-17)14(18)11-5-7-12(16)8-6-11/h2-10H,1H3/p+1. The predicted octanol–water partition coefficient (Wildman–Crippen LogP) is 4.20. The van der Waals surface area contributed by atoms with E-state index in [-0.39, 0.29) is 5.76 Å². The summed E-state index contributed by atoms with van der Waals surface area (Å²) in [5.74, 6) is 0.136. The highest BCUT2D eigenvalue weighted by Gasteiger charge is 2.22. The Labute approximate surface area is 132 Å². The first-order chi connectivity index (χ1) is 9.63. The highest BCUT2D eigenvalue weighted by molar-refractivity contribution is 8.23. The summed E-state index contributed by atoms with van der Waals surface area (Å²) in [5.41, 5.74) is 1.27. The van der Waals surface area contributed by atoms with E-state index in [9.17, 15) is 5.11 Å². The van der Waals surface area contributed by atoms with Gasteiger partial charge in [-0.15, -0.1) is 11.8 Å². The molecule has 0 amide bonds. The van der Waals surface area contributed by atoms with E-state index < -0.39 is 0 Å². The van der Waals surface area contributed by atoms with Crippen molar-refractivity contribution >= 4 is 51.2 Å². The molecule has 1 aromatic carbocycles. The van der Waals surface area contributed by atoms with Crippen LogP contribution in [0, 0.1) is 0 Å². The summed E-state index contributed by atoms with van der Waals surface area (Å²) in [7, 11) is 0. The van der Waals surface area contributed by atoms with Gasteiger partial charge in [-0.05, 0) is 30.5 Å². The Morgan fingerprint density at radius 3 is 2.30 bits per heavy atom. The molecule has 0 atom stereocenters. The minimum Gasteiger partial charge on any atom is -0.502 e. The van der Waals surface area contributed by atoms with Gasteiger partial charge in [0.1, 0.15) is 4.20 Å². The second-order valence-electron chi connectivity index (χ2n) is 3.98. The van der Waals surface area contributed by atoms with E-state index in [0.29, 0.717) is 20.5 Å². The Hall–Kier alpha value is -1.36. The number of thioether (sulfide) groups is 1. The van der Waals surface area contributed by atoms with Crippen LogP contribution in [0.1, 0.15) is 5.56 Å². The summed E-state index contributed by atoms with van der Waals surface area (Å²) in [4.78, 5) is 0. The van der Waals surface area contributed by atoms with Gasteiger partial charge in [-0.3, -0.25) is 0 Å². The number of aromatic nitrogens is 1. The van der Waals surface area contributed by atoms with Gasteiger partial charge in [0.2, 0.25) is 0 Å². The molecule has 1 N–H and O–H groups in total. The zero-order valence-corrected chi connectivity index (χ0v) is 13.2. The van der Waals surface area contributed by atoms with E-state index in [4.69, 9.17) is 23.8 Å². The fraction of sp³-hybridized carbons (Fsp3) is 0.0667. The van der Waals surface area contributed by atoms with Crippen molar-refractivity contribution < 1.29 is 9.67 Å². The Morgan fingerprint density at radius 2 is 1.75 bits per heavy atom. The number of thiocarbonyl (C=S) groups is 1. The molecule has 0 aliphatic heterocycles. The van der Waals surface area contributed by atoms with Gasteiger partial charge in [-0.1, -0.05) is 29.9 Å². The lowest BCUT2D eigenvalue weighted by atomic mass is 10.1. The van der Waals surface area contributed by atoms with Crippen LogP contribution in [0.25, 0.3) is 11.5 Å². The molecule has 2 rings (SSSR count). The molecule has 0 saturated carbocycles. The number of nitrogens with zero attached hydrogens (tertiary/aromatic N) is 1. The van der Waals surface area contributed by atoms with Crippen molar-refractivity contribution in [1.82, 2.24) is 0 Å². The lowest BCUT2D eigenvalue weighted by Gasteiger charge is -2.06. The number of benzene rings is 1. The molecular weight excluding hydrogens is 310 g/mol. The number of rotatable bonds is 3. The summed E-state index contributed by atoms with van der Waals surface area (Å²) in [5, 5.41) is 11.2. The fourth-order valence-corrected chi connectivity index (χ4v) is 2.44. The Bertz CT molecular complexity index is 639. The molecule has 102 valence electrons. The van der Waals surface area contributed by atoms with E-state index in [1.54, 1.807) is 24.3 Å². The lowest BCUT2D eigenvalue weighted by molar-refractivity contribution is -0.575. The third-order valence-corrected chi connectivity index (χ3v) is 4.20. The smallest absolute Gasteiger partial charge is 0.278 e. The van der Waals surface area contributed by atoms with E-state index in [1.165, 1.54) is 11.8 Å². The largest absolute Gasteiger partial charge is 0.502 e. The van der Waals surface area contributed by atoms with Crippen molar-refractivity contribution in [2.45, 2.75) is 0 Å². The van der Waals surface area contributed by atoms with Crippen LogP contribution in [0.2, 0.25) is 5.02 Å². The topological polar surface area (TPSA) is 24.1 Å². The molecule has 0 bridgehead atoms. The van der Waals surface area contributed by atoms with Gasteiger partial charge in [0.15, 0.2) is 18.2 Å². The molecule has 20 heavy (non-hydrogen) atoms. The van der Waals surface area contributed by atoms with Gasteiger partial charge in [0, 0.05) is 22.7 Å². The molecule has 0 aliphatic rings. The zero-order chi connectivity index (χ0) is 14.5. The number of pyridine rings is 1. The first kappa shape index (κ1) is 15.0. The van der Waals surface area contributed by atoms with Gasteiger partial charge < -0.3 is 5.11 Å². The maximum absolute atomic E-state index is 10.5. The van der Waals surface area contributed by atoms with Gasteiger partial charge in [-0.2, -0.15) is 4.57 Å². The van der Waals surface area contributed by atoms with Crippen molar-refractivity contribution in [2.24, 2.45) is 0 Å². The molecule has 1 aromatic heterocycles. The van der Waals surface area contributed by atoms with Gasteiger partial charge in [-0.25, -0.2) is 0 Å². The van der Waals surface area contributed by atoms with Crippen molar-refractivity contribution in [3.8, 4) is 0 Å². The number of aliphatic hydroxyl groups is 1. The minimum absolute atomic E-state index is 0.136. The van der Waals surface area contributed by atoms with Crippen LogP contribution in [-0.2, 0) is 0 Å². The lowest BCUT2D eigenvalue weighted by Crippen LogP contribution is -2.35. The number of aliphatic hydroxyl groups excluding tert-OH is 1. The number of hydrogen-bond donors (Lipinski definition) is 1. The average molecular weight is 323 g/mol. The molecular formula is C15H13ClNOS2+. The van der Waals surface area contributed by atoms with E-state index in [0.717, 1.165) is 0 Å². The summed E-state index contributed by atoms with van der Waals surface area (Å²) in [6.45, 7) is 0. The third kappa shape index (κ3) is 3.39. The highest BCUT2D eigenvalue weighted by Crippen LogP contribution is 2.22. The Morgan fingerprint density at radius 1 is 1.15 bits per heavy atom. The molecule has 0 unspecified atom stereocenters. The normalized spacial score (nSPS) is 11.9. The van der Waals surface area contributed by atoms with Gasteiger partial charge in [0.05, 0.1) is 0 Å². The monoisotopic (exact) mass is 322 g/mol. The van der Waals surface area contributed by atoms with E-state index in [2.05, 4.69) is 0 Å². The summed E-state index contributed by atoms with van der Waals surface area (Å²) in [6.07, 6.45) is 5.59. The van der Waals surface area contributed by atoms with E-state index in [1.807, 2.05) is 41.4 Å². The van der Waals surface area contributed by atoms with E-state index >= 15 is 0 Å². The van der Waals surface area contributed by atoms with Crippen LogP contribution in [0.3, 0.4) is 0 Å². The van der Waals surface area contributed by atoms with Crippen molar-refractivity contribution in [3.05, 3.63) is 65.4 Å². The molecule has 5 heteroatoms. The molecule has 0 fully saturated rings. The predicted molar refractivity (Wildman–Crippen MR) is 89.9 cm³/mol. The molecule has 0 spiro atoms. The van der Waals surface area contributed by atoms with Gasteiger partial charge >= 0.3 is 0 Å². The number of hydrogen-bond acceptors (Lipinski definition) is 3. The van der Waals surface area contributed by atoms with Crippen LogP contribution in [-0.4, -0.2) is 15.6 Å². The van der Waals surface area contributed by atoms with Gasteiger partial charge in [0.25, 0.3) is 5.70 Å². The molecule has 0 aliphatic carbocycles. The first-order valence-corrected chi connectivity index (χ1v) is 7.88. The SMILES string of the molecule is CSC(=S)/C(=C(/O)c1ccc(Cl)cc1)[n+]1ccccc1. The molecule has 0 saturated heterocycles. The Balaban J connectivity index is 2.57. The van der Waals surface area contributed by atoms with Crippen molar-refractivity contribution in [3.63, 3.8) is 0 Å². The highest BCUT2D eigenvalue weighted by atomic mass is 35.5. The van der Waals surface area contributed by atoms with Crippen LogP contribution in [0.15, 0.2) is 54.9 Å². The number of halogens is 1. The second-order valence-corrected chi connectivity index (χ2v) is 5.90. The molecule has 2 nitrogen and oxygen atoms in total. The summed E-state index contributed by atoms with van der Waals surface area (Å²) >= 11 is 12.6. The van der Waals surface area contributed by atoms with Crippen molar-refractivity contribution in [2.75, 3.05) is 6.26 Å². The maximum atomic E-state index is 10.5. The van der Waals surface area contributed by atoms with Crippen LogP contribution in [0.4, 0.5) is 0 Å². The molecule has 2 aromatic rings. The van der Waals surface area contributed by atoms with Crippen LogP contribution >= 0.6 is 35.6 Å². The second kappa shape index (κ2) is 6.88. The molecule has 0 radical (unpaired) electrons. The summed E-state index contributed by atoms with van der Waals surface area (Å²) in [6, 6.07) is 12.7. The third-order valence-electron chi connectivity index (χ3n) is 2.69. The Kier molecular flexibility index (Phi) is 5.17. The first-order valence-electron chi connectivity index (χ1n) is 5.87. The van der Waals surface area contributed by atoms with Crippen LogP contribution in [0.5, 0.6) is 0 Å². The quantitative estimate of drug-likeness (QED) is 0.396. The summed E-state index contributed by atoms with van der Waals surface area (Å²) < 4.78 is 2.43.